The number of nitrogens with zero attached hydrogens (tertiary/aromatic N) is 4. The number of anilines is 1. The molecule has 0 saturated heterocycles. The Hall–Kier alpha value is -2.02. The van der Waals surface area contributed by atoms with Crippen molar-refractivity contribution in [1.29, 1.82) is 0 Å². The fourth-order valence-corrected chi connectivity index (χ4v) is 1.69. The van der Waals surface area contributed by atoms with E-state index in [9.17, 15) is 0 Å². The van der Waals surface area contributed by atoms with Gasteiger partial charge in [-0.1, -0.05) is 6.92 Å². The number of rotatable bonds is 4. The molecule has 0 aliphatic carbocycles. The Morgan fingerprint density at radius 3 is 2.56 bits per heavy atom. The van der Waals surface area contributed by atoms with Gasteiger partial charge < -0.3 is 16.5 Å². The number of nitrogens with two attached hydrogens (primary N) is 2. The Kier molecular flexibility index (Phi) is 3.52. The van der Waals surface area contributed by atoms with Gasteiger partial charge in [0.2, 0.25) is 5.95 Å². The zero-order valence-electron chi connectivity index (χ0n) is 10.6. The molecule has 0 aromatic carbocycles. The van der Waals surface area contributed by atoms with E-state index in [-0.39, 0.29) is 5.95 Å². The molecule has 96 valence electrons. The van der Waals surface area contributed by atoms with E-state index in [1.807, 2.05) is 13.8 Å². The molecule has 0 amide bonds. The number of imidazole rings is 1. The molecule has 2 aromatic heterocycles. The topological polar surface area (TPSA) is 119 Å². The Balaban J connectivity index is 2.45. The van der Waals surface area contributed by atoms with Gasteiger partial charge in [-0.05, 0) is 13.5 Å². The summed E-state index contributed by atoms with van der Waals surface area (Å²) in [6.45, 7) is 4.44. The molecular weight excluding hydrogens is 230 g/mol. The second-order valence-electron chi connectivity index (χ2n) is 3.98. The molecule has 0 unspecified atom stereocenters. The minimum Gasteiger partial charge on any atom is -0.368 e. The highest BCUT2D eigenvalue weighted by Gasteiger charge is 2.13. The summed E-state index contributed by atoms with van der Waals surface area (Å²) >= 11 is 0. The first kappa shape index (κ1) is 12.4. The Labute approximate surface area is 105 Å². The van der Waals surface area contributed by atoms with Crippen LogP contribution in [0.15, 0.2) is 0 Å². The normalized spacial score (nSPS) is 10.8. The quantitative estimate of drug-likeness (QED) is 0.710. The monoisotopic (exact) mass is 247 g/mol. The number of aromatic nitrogens is 5. The van der Waals surface area contributed by atoms with Crippen molar-refractivity contribution >= 4 is 5.95 Å². The Morgan fingerprint density at radius 1 is 1.17 bits per heavy atom. The average molecular weight is 247 g/mol. The van der Waals surface area contributed by atoms with Crippen LogP contribution in [0.25, 0.3) is 11.5 Å². The number of H-pyrrole nitrogens is 1. The van der Waals surface area contributed by atoms with Crippen LogP contribution in [-0.2, 0) is 12.8 Å². The van der Waals surface area contributed by atoms with E-state index in [1.165, 1.54) is 0 Å². The molecule has 7 nitrogen and oxygen atoms in total. The van der Waals surface area contributed by atoms with Gasteiger partial charge in [0.1, 0.15) is 17.3 Å². The molecule has 2 heterocycles. The zero-order chi connectivity index (χ0) is 13.1. The molecule has 18 heavy (non-hydrogen) atoms. The van der Waals surface area contributed by atoms with Crippen LogP contribution in [0.2, 0.25) is 0 Å². The number of nitrogens with one attached hydrogen (secondary N) is 1. The van der Waals surface area contributed by atoms with Gasteiger partial charge >= 0.3 is 0 Å². The van der Waals surface area contributed by atoms with Gasteiger partial charge in [-0.3, -0.25) is 0 Å². The lowest BCUT2D eigenvalue weighted by atomic mass is 10.3. The molecule has 0 saturated carbocycles. The van der Waals surface area contributed by atoms with Crippen LogP contribution < -0.4 is 11.5 Å². The van der Waals surface area contributed by atoms with Gasteiger partial charge in [-0.15, -0.1) is 0 Å². The molecule has 0 bridgehead atoms. The van der Waals surface area contributed by atoms with E-state index >= 15 is 0 Å². The van der Waals surface area contributed by atoms with Crippen LogP contribution >= 0.6 is 0 Å². The molecule has 2 aromatic rings. The maximum absolute atomic E-state index is 5.68. The minimum atomic E-state index is 0.198. The predicted molar refractivity (Wildman–Crippen MR) is 68.7 cm³/mol. The second kappa shape index (κ2) is 5.09. The SMILES string of the molecule is CCc1nc(-c2nc(N)nc(CCN)n2)c(C)[nH]1. The molecule has 0 fully saturated rings. The molecule has 0 aliphatic rings. The van der Waals surface area contributed by atoms with Crippen LogP contribution in [0.1, 0.15) is 24.3 Å². The summed E-state index contributed by atoms with van der Waals surface area (Å²) in [7, 11) is 0. The summed E-state index contributed by atoms with van der Waals surface area (Å²) in [6, 6.07) is 0. The van der Waals surface area contributed by atoms with Crippen molar-refractivity contribution in [2.75, 3.05) is 12.3 Å². The summed E-state index contributed by atoms with van der Waals surface area (Å²) in [5, 5.41) is 0. The highest BCUT2D eigenvalue weighted by atomic mass is 15.1. The molecule has 5 N–H and O–H groups in total. The number of hydrogen-bond donors (Lipinski definition) is 3. The first-order valence-corrected chi connectivity index (χ1v) is 5.90. The van der Waals surface area contributed by atoms with Crippen LogP contribution in [0.3, 0.4) is 0 Å². The number of hydrogen-bond acceptors (Lipinski definition) is 6. The van der Waals surface area contributed by atoms with Crippen LogP contribution in [0, 0.1) is 6.92 Å². The van der Waals surface area contributed by atoms with Gasteiger partial charge in [-0.25, -0.2) is 9.97 Å². The van der Waals surface area contributed by atoms with Gasteiger partial charge in [0, 0.05) is 18.5 Å². The molecular formula is C11H17N7. The summed E-state index contributed by atoms with van der Waals surface area (Å²) in [5.74, 6) is 2.20. The van der Waals surface area contributed by atoms with Crippen molar-refractivity contribution in [2.24, 2.45) is 5.73 Å². The van der Waals surface area contributed by atoms with E-state index < -0.39 is 0 Å². The fraction of sp³-hybridized carbons (Fsp3) is 0.455. The molecule has 2 rings (SSSR count). The molecule has 0 radical (unpaired) electrons. The average Bonchev–Trinajstić information content (AvgIpc) is 2.70. The molecule has 0 atom stereocenters. The maximum atomic E-state index is 5.68. The highest BCUT2D eigenvalue weighted by molar-refractivity contribution is 5.54. The number of nitrogen functional groups attached to an aromatic ring is 1. The van der Waals surface area contributed by atoms with Gasteiger partial charge in [0.15, 0.2) is 5.82 Å². The highest BCUT2D eigenvalue weighted by Crippen LogP contribution is 2.18. The lowest BCUT2D eigenvalue weighted by Crippen LogP contribution is -2.10. The predicted octanol–water partition coefficient (Wildman–Crippen LogP) is 0.216. The van der Waals surface area contributed by atoms with Crippen LogP contribution in [-0.4, -0.2) is 31.5 Å². The van der Waals surface area contributed by atoms with Crippen molar-refractivity contribution in [3.05, 3.63) is 17.3 Å². The van der Waals surface area contributed by atoms with Crippen molar-refractivity contribution in [3.63, 3.8) is 0 Å². The first-order valence-electron chi connectivity index (χ1n) is 5.90. The Bertz CT molecular complexity index is 546. The van der Waals surface area contributed by atoms with Crippen LogP contribution in [0.4, 0.5) is 5.95 Å². The standard InChI is InChI=1S/C11H17N7/c1-3-7-14-6(2)9(15-7)10-16-8(4-5-12)17-11(13)18-10/h3-5,12H2,1-2H3,(H,14,15)(H2,13,16,17,18). The van der Waals surface area contributed by atoms with Crippen molar-refractivity contribution in [2.45, 2.75) is 26.7 Å². The van der Waals surface area contributed by atoms with E-state index in [0.29, 0.717) is 24.6 Å². The van der Waals surface area contributed by atoms with Crippen molar-refractivity contribution in [1.82, 2.24) is 24.9 Å². The number of aryl methyl sites for hydroxylation is 2. The largest absolute Gasteiger partial charge is 0.368 e. The maximum Gasteiger partial charge on any atom is 0.223 e. The number of aromatic amines is 1. The molecule has 7 heteroatoms. The van der Waals surface area contributed by atoms with Gasteiger partial charge in [0.25, 0.3) is 0 Å². The lowest BCUT2D eigenvalue weighted by molar-refractivity contribution is 0.852. The third kappa shape index (κ3) is 2.45. The third-order valence-corrected chi connectivity index (χ3v) is 2.55. The van der Waals surface area contributed by atoms with Crippen molar-refractivity contribution in [3.8, 4) is 11.5 Å². The van der Waals surface area contributed by atoms with E-state index in [2.05, 4.69) is 24.9 Å². The van der Waals surface area contributed by atoms with Crippen LogP contribution in [0.5, 0.6) is 0 Å². The first-order chi connectivity index (χ1) is 8.63. The molecule has 0 aliphatic heterocycles. The Morgan fingerprint density at radius 2 is 1.94 bits per heavy atom. The fourth-order valence-electron chi connectivity index (χ4n) is 1.69. The zero-order valence-corrected chi connectivity index (χ0v) is 10.6. The molecule has 0 spiro atoms. The van der Waals surface area contributed by atoms with Gasteiger partial charge in [0.05, 0.1) is 0 Å². The summed E-state index contributed by atoms with van der Waals surface area (Å²) in [5.41, 5.74) is 12.8. The second-order valence-corrected chi connectivity index (χ2v) is 3.98. The van der Waals surface area contributed by atoms with E-state index in [1.54, 1.807) is 0 Å². The van der Waals surface area contributed by atoms with Crippen molar-refractivity contribution < 1.29 is 0 Å². The summed E-state index contributed by atoms with van der Waals surface area (Å²) in [6.07, 6.45) is 1.40. The van der Waals surface area contributed by atoms with E-state index in [4.69, 9.17) is 11.5 Å². The van der Waals surface area contributed by atoms with Gasteiger partial charge in [-0.2, -0.15) is 9.97 Å². The third-order valence-electron chi connectivity index (χ3n) is 2.55. The minimum absolute atomic E-state index is 0.198. The lowest BCUT2D eigenvalue weighted by Gasteiger charge is -2.02. The van der Waals surface area contributed by atoms with E-state index in [0.717, 1.165) is 23.6 Å². The summed E-state index contributed by atoms with van der Waals surface area (Å²) < 4.78 is 0. The smallest absolute Gasteiger partial charge is 0.223 e. The summed E-state index contributed by atoms with van der Waals surface area (Å²) in [4.78, 5) is 20.1.